The van der Waals surface area contributed by atoms with Crippen LogP contribution in [-0.2, 0) is 23.8 Å². The summed E-state index contributed by atoms with van der Waals surface area (Å²) in [6.45, 7) is 5.79. The molecule has 1 aliphatic rings. The predicted molar refractivity (Wildman–Crippen MR) is 334 cm³/mol. The molecule has 1 saturated heterocycles. The molecule has 80 heavy (non-hydrogen) atoms. The molecule has 8 unspecified atom stereocenters. The summed E-state index contributed by atoms with van der Waals surface area (Å²) in [4.78, 5) is 26.6. The number of unbranched alkanes of at least 4 members (excludes halogenated alkanes) is 41. The molecule has 0 radical (unpaired) electrons. The van der Waals surface area contributed by atoms with Crippen LogP contribution in [0.25, 0.3) is 0 Å². The van der Waals surface area contributed by atoms with Crippen molar-refractivity contribution in [2.24, 2.45) is 0 Å². The number of amides is 1. The molecule has 1 amide bonds. The Morgan fingerprint density at radius 3 is 1.21 bits per heavy atom. The molecule has 0 spiro atoms. The SMILES string of the molecule is CCCCCCCC/C=C/CCCCCCCCCCCCCCCCCCCC(=O)OC1C(OCC(NC(=O)C(O)CCCC/C=C\CCCCCCCCC)C(O)/C=C/CCCCCCCCCCC)OC(CO)C(O)C1O. The number of ether oxygens (including phenoxy) is 3. The zero-order valence-electron chi connectivity index (χ0n) is 52.2. The summed E-state index contributed by atoms with van der Waals surface area (Å²) >= 11 is 0. The van der Waals surface area contributed by atoms with Crippen LogP contribution < -0.4 is 5.32 Å². The number of esters is 1. The second-order valence-electron chi connectivity index (χ2n) is 23.9. The second-order valence-corrected chi connectivity index (χ2v) is 23.9. The quantitative estimate of drug-likeness (QED) is 0.0195. The molecule has 470 valence electrons. The van der Waals surface area contributed by atoms with E-state index in [4.69, 9.17) is 14.2 Å². The Morgan fingerprint density at radius 1 is 0.475 bits per heavy atom. The van der Waals surface area contributed by atoms with Crippen molar-refractivity contribution in [2.45, 2.75) is 378 Å². The Morgan fingerprint density at radius 2 is 0.825 bits per heavy atom. The number of aliphatic hydroxyl groups is 5. The fourth-order valence-corrected chi connectivity index (χ4v) is 10.8. The molecule has 1 rings (SSSR count). The highest BCUT2D eigenvalue weighted by molar-refractivity contribution is 5.80. The van der Waals surface area contributed by atoms with E-state index in [0.717, 1.165) is 57.8 Å². The minimum atomic E-state index is -1.61. The first kappa shape index (κ1) is 75.9. The van der Waals surface area contributed by atoms with Gasteiger partial charge >= 0.3 is 5.97 Å². The predicted octanol–water partition coefficient (Wildman–Crippen LogP) is 17.0. The van der Waals surface area contributed by atoms with Gasteiger partial charge in [-0.05, 0) is 77.0 Å². The topological polar surface area (TPSA) is 175 Å². The average Bonchev–Trinajstić information content (AvgIpc) is 3.46. The Kier molecular flexibility index (Phi) is 54.4. The van der Waals surface area contributed by atoms with Crippen molar-refractivity contribution >= 4 is 11.9 Å². The van der Waals surface area contributed by atoms with E-state index in [2.05, 4.69) is 50.4 Å². The maximum Gasteiger partial charge on any atom is 0.306 e. The lowest BCUT2D eigenvalue weighted by Gasteiger charge is -2.41. The number of nitrogens with one attached hydrogen (secondary N) is 1. The zero-order chi connectivity index (χ0) is 58.2. The molecule has 0 aromatic heterocycles. The number of hydrogen-bond donors (Lipinski definition) is 6. The smallest absolute Gasteiger partial charge is 0.306 e. The van der Waals surface area contributed by atoms with E-state index < -0.39 is 67.4 Å². The van der Waals surface area contributed by atoms with Gasteiger partial charge in [-0.25, -0.2) is 0 Å². The number of aliphatic hydroxyl groups excluding tert-OH is 5. The van der Waals surface area contributed by atoms with E-state index >= 15 is 0 Å². The lowest BCUT2D eigenvalue weighted by molar-refractivity contribution is -0.305. The normalized spacial score (nSPS) is 18.9. The van der Waals surface area contributed by atoms with Crippen LogP contribution in [0.2, 0.25) is 0 Å². The molecule has 6 N–H and O–H groups in total. The Hall–Kier alpha value is -2.12. The number of rotatable bonds is 59. The molecule has 0 aliphatic carbocycles. The first-order valence-corrected chi connectivity index (χ1v) is 34.3. The van der Waals surface area contributed by atoms with E-state index in [0.29, 0.717) is 12.8 Å². The summed E-state index contributed by atoms with van der Waals surface area (Å²) in [7, 11) is 0. The highest BCUT2D eigenvalue weighted by Gasteiger charge is 2.47. The van der Waals surface area contributed by atoms with Crippen LogP contribution in [-0.4, -0.2) is 99.6 Å². The van der Waals surface area contributed by atoms with Crippen LogP contribution >= 0.6 is 0 Å². The van der Waals surface area contributed by atoms with Gasteiger partial charge in [-0.15, -0.1) is 0 Å². The van der Waals surface area contributed by atoms with Crippen molar-refractivity contribution in [2.75, 3.05) is 13.2 Å². The number of allylic oxidation sites excluding steroid dienone is 5. The van der Waals surface area contributed by atoms with Crippen LogP contribution in [0.15, 0.2) is 36.5 Å². The van der Waals surface area contributed by atoms with Crippen LogP contribution in [0.5, 0.6) is 0 Å². The molecule has 11 nitrogen and oxygen atoms in total. The molecule has 1 fully saturated rings. The van der Waals surface area contributed by atoms with Crippen LogP contribution in [0, 0.1) is 0 Å². The first-order valence-electron chi connectivity index (χ1n) is 34.3. The summed E-state index contributed by atoms with van der Waals surface area (Å²) in [6, 6.07) is -1.03. The minimum absolute atomic E-state index is 0.126. The molecule has 0 bridgehead atoms. The molecule has 0 aromatic carbocycles. The van der Waals surface area contributed by atoms with Gasteiger partial charge in [0.05, 0.1) is 25.4 Å². The maximum absolute atomic E-state index is 13.4. The Labute approximate surface area is 492 Å². The van der Waals surface area contributed by atoms with E-state index in [9.17, 15) is 35.1 Å². The zero-order valence-corrected chi connectivity index (χ0v) is 52.2. The van der Waals surface area contributed by atoms with Gasteiger partial charge in [0.25, 0.3) is 0 Å². The summed E-state index contributed by atoms with van der Waals surface area (Å²) in [6.07, 6.45) is 59.2. The highest BCUT2D eigenvalue weighted by atomic mass is 16.7. The third kappa shape index (κ3) is 44.4. The van der Waals surface area contributed by atoms with Crippen molar-refractivity contribution in [3.05, 3.63) is 36.5 Å². The third-order valence-corrected chi connectivity index (χ3v) is 16.3. The number of carbonyl (C=O) groups excluding carboxylic acids is 2. The van der Waals surface area contributed by atoms with Crippen molar-refractivity contribution in [3.8, 4) is 0 Å². The molecule has 8 atom stereocenters. The van der Waals surface area contributed by atoms with E-state index in [1.807, 2.05) is 6.08 Å². The van der Waals surface area contributed by atoms with Gasteiger partial charge in [0, 0.05) is 6.42 Å². The van der Waals surface area contributed by atoms with E-state index in [1.165, 1.54) is 225 Å². The second kappa shape index (κ2) is 57.3. The van der Waals surface area contributed by atoms with E-state index in [1.54, 1.807) is 6.08 Å². The molecule has 1 heterocycles. The first-order chi connectivity index (χ1) is 39.2. The van der Waals surface area contributed by atoms with Crippen molar-refractivity contribution in [1.29, 1.82) is 0 Å². The van der Waals surface area contributed by atoms with Gasteiger partial charge in [0.2, 0.25) is 5.91 Å². The summed E-state index contributed by atoms with van der Waals surface area (Å²) in [5.41, 5.74) is 0. The Balaban J connectivity index is 2.51. The standard InChI is InChI=1S/C69H129NO10/c1-4-7-10-13-16-19-22-24-25-26-27-28-29-30-31-32-33-34-35-36-37-39-42-45-48-51-54-57-64(74)80-67-66(76)65(75)63(58-71)79-69(67)78-59-60(61(72)55-52-49-46-43-40-21-18-15-12-9-6-3)70-68(77)62(73)56-53-50-47-44-41-38-23-20-17-14-11-8-5-2/h24-25,41,44,52,55,60-63,65-67,69,71-73,75-76H,4-23,26-40,42-43,45-51,53-54,56-59H2,1-3H3,(H,70,77)/b25-24+,44-41-,55-52+. The molecule has 1 aliphatic heterocycles. The number of hydrogen-bond acceptors (Lipinski definition) is 10. The fourth-order valence-electron chi connectivity index (χ4n) is 10.8. The van der Waals surface area contributed by atoms with Crippen LogP contribution in [0.3, 0.4) is 0 Å². The monoisotopic (exact) mass is 1130 g/mol. The molecule has 0 saturated carbocycles. The van der Waals surface area contributed by atoms with Gasteiger partial charge in [0.15, 0.2) is 12.4 Å². The van der Waals surface area contributed by atoms with Crippen molar-refractivity contribution in [1.82, 2.24) is 5.32 Å². The van der Waals surface area contributed by atoms with Gasteiger partial charge in [-0.3, -0.25) is 9.59 Å². The van der Waals surface area contributed by atoms with Gasteiger partial charge in [-0.2, -0.15) is 0 Å². The van der Waals surface area contributed by atoms with Crippen molar-refractivity contribution < 1.29 is 49.3 Å². The summed E-state index contributed by atoms with van der Waals surface area (Å²) in [5.74, 6) is -1.20. The van der Waals surface area contributed by atoms with Crippen molar-refractivity contribution in [3.63, 3.8) is 0 Å². The fraction of sp³-hybridized carbons (Fsp3) is 0.884. The maximum atomic E-state index is 13.4. The average molecular weight is 1130 g/mol. The van der Waals surface area contributed by atoms with Gasteiger partial charge in [-0.1, -0.05) is 282 Å². The largest absolute Gasteiger partial charge is 0.454 e. The summed E-state index contributed by atoms with van der Waals surface area (Å²) in [5, 5.41) is 57.0. The highest BCUT2D eigenvalue weighted by Crippen LogP contribution is 2.26. The van der Waals surface area contributed by atoms with Gasteiger partial charge < -0.3 is 45.1 Å². The lowest BCUT2D eigenvalue weighted by Crippen LogP contribution is -2.61. The lowest BCUT2D eigenvalue weighted by atomic mass is 9.99. The van der Waals surface area contributed by atoms with E-state index in [-0.39, 0.29) is 19.4 Å². The third-order valence-electron chi connectivity index (χ3n) is 16.3. The van der Waals surface area contributed by atoms with Gasteiger partial charge in [0.1, 0.15) is 24.4 Å². The number of carbonyl (C=O) groups is 2. The molecular formula is C69H129NO10. The molecule has 11 heteroatoms. The molecule has 0 aromatic rings. The Bertz CT molecular complexity index is 1440. The van der Waals surface area contributed by atoms with Crippen LogP contribution in [0.1, 0.15) is 329 Å². The minimum Gasteiger partial charge on any atom is -0.454 e. The van der Waals surface area contributed by atoms with Crippen LogP contribution in [0.4, 0.5) is 0 Å². The molecular weight excluding hydrogens is 1000 g/mol. The summed E-state index contributed by atoms with van der Waals surface area (Å²) < 4.78 is 17.6.